The first-order valence-corrected chi connectivity index (χ1v) is 20.9. The molecule has 304 valence electrons. The van der Waals surface area contributed by atoms with E-state index in [4.69, 9.17) is 14.4 Å². The number of phenolic OH excluding ortho intramolecular Hbond substituents is 1. The Balaban J connectivity index is 0.00000471. The molecule has 11 rings (SSSR count). The van der Waals surface area contributed by atoms with Crippen molar-refractivity contribution in [3.05, 3.63) is 246 Å². The van der Waals surface area contributed by atoms with Crippen LogP contribution < -0.4 is 0 Å². The Kier molecular flexibility index (Phi) is 10.4. The maximum absolute atomic E-state index is 10.8. The number of pyridine rings is 2. The number of rotatable bonds is 8. The van der Waals surface area contributed by atoms with Crippen molar-refractivity contribution < 1.29 is 30.6 Å². The Hall–Kier alpha value is -7.39. The quantitative estimate of drug-likeness (QED) is 0.154. The van der Waals surface area contributed by atoms with Gasteiger partial charge in [-0.3, -0.25) is 9.97 Å². The predicted molar refractivity (Wildman–Crippen MR) is 249 cm³/mol. The first-order chi connectivity index (χ1) is 30.5. The molecule has 0 unspecified atom stereocenters. The molecule has 10 aromatic rings. The molecule has 0 aliphatic heterocycles. The van der Waals surface area contributed by atoms with Gasteiger partial charge in [-0.1, -0.05) is 163 Å². The third kappa shape index (κ3) is 7.03. The van der Waals surface area contributed by atoms with Crippen molar-refractivity contribution in [2.75, 3.05) is 0 Å². The smallest absolute Gasteiger partial charge is 0.134 e. The molecule has 1 aliphatic rings. The minimum Gasteiger partial charge on any atom is -0.507 e. The molecule has 0 amide bonds. The fourth-order valence-electron chi connectivity index (χ4n) is 9.26. The van der Waals surface area contributed by atoms with Gasteiger partial charge in [0, 0.05) is 54.8 Å². The minimum atomic E-state index is -0.495. The molecule has 63 heavy (non-hydrogen) atoms. The molecule has 0 saturated carbocycles. The minimum absolute atomic E-state index is 0. The third-order valence-corrected chi connectivity index (χ3v) is 12.0. The number of phenols is 1. The van der Waals surface area contributed by atoms with Gasteiger partial charge in [-0.05, 0) is 93.9 Å². The molecule has 7 aromatic carbocycles. The summed E-state index contributed by atoms with van der Waals surface area (Å²) < 4.78 is 6.76. The van der Waals surface area contributed by atoms with E-state index in [2.05, 4.69) is 152 Å². The number of fused-ring (bicyclic) bond motifs is 3. The molecule has 0 fully saturated rings. The fraction of sp³-hybridized carbons (Fsp3) is 0.0345. The molecule has 3 heterocycles. The van der Waals surface area contributed by atoms with Crippen molar-refractivity contribution in [3.63, 3.8) is 0 Å². The van der Waals surface area contributed by atoms with Crippen molar-refractivity contribution in [2.24, 2.45) is 0 Å². The number of hydrogen-bond acceptors (Lipinski definition) is 4. The Labute approximate surface area is 381 Å². The summed E-state index contributed by atoms with van der Waals surface area (Å²) in [7, 11) is 0. The van der Waals surface area contributed by atoms with Gasteiger partial charge in [0.2, 0.25) is 0 Å². The summed E-state index contributed by atoms with van der Waals surface area (Å²) in [6.45, 7) is 2.01. The van der Waals surface area contributed by atoms with Gasteiger partial charge >= 0.3 is 0 Å². The molecule has 1 aliphatic carbocycles. The van der Waals surface area contributed by atoms with E-state index < -0.39 is 5.41 Å². The van der Waals surface area contributed by atoms with Crippen molar-refractivity contribution in [1.82, 2.24) is 9.97 Å². The molecular formula is C58H39N2O2Pt-. The Morgan fingerprint density at radius 3 is 1.68 bits per heavy atom. The molecule has 0 saturated heterocycles. The predicted octanol–water partition coefficient (Wildman–Crippen LogP) is 14.2. The van der Waals surface area contributed by atoms with E-state index >= 15 is 0 Å². The van der Waals surface area contributed by atoms with Crippen molar-refractivity contribution >= 4 is 0 Å². The second-order valence-corrected chi connectivity index (χ2v) is 15.8. The van der Waals surface area contributed by atoms with Gasteiger partial charge in [-0.15, -0.1) is 24.3 Å². The molecular weight excluding hydrogens is 952 g/mol. The van der Waals surface area contributed by atoms with Crippen molar-refractivity contribution in [2.45, 2.75) is 12.3 Å². The van der Waals surface area contributed by atoms with Gasteiger partial charge in [0.25, 0.3) is 0 Å². The zero-order valence-corrected chi connectivity index (χ0v) is 36.5. The summed E-state index contributed by atoms with van der Waals surface area (Å²) in [6.07, 6.45) is 0. The van der Waals surface area contributed by atoms with E-state index in [1.165, 1.54) is 33.4 Å². The number of aromatic nitrogens is 2. The van der Waals surface area contributed by atoms with Crippen LogP contribution in [0.5, 0.6) is 5.75 Å². The maximum Gasteiger partial charge on any atom is 0.134 e. The fourth-order valence-corrected chi connectivity index (χ4v) is 9.26. The second kappa shape index (κ2) is 16.5. The van der Waals surface area contributed by atoms with E-state index in [0.29, 0.717) is 11.3 Å². The van der Waals surface area contributed by atoms with Crippen LogP contribution in [0, 0.1) is 13.0 Å². The number of aryl methyl sites for hydroxylation is 1. The second-order valence-electron chi connectivity index (χ2n) is 15.8. The van der Waals surface area contributed by atoms with Gasteiger partial charge in [0.05, 0.1) is 11.1 Å². The summed E-state index contributed by atoms with van der Waals surface area (Å²) in [4.78, 5) is 10.0. The monoisotopic (exact) mass is 990 g/mol. The summed E-state index contributed by atoms with van der Waals surface area (Å²) >= 11 is 0. The van der Waals surface area contributed by atoms with Gasteiger partial charge in [-0.25, -0.2) is 0 Å². The number of nitrogens with zero attached hydrogens (tertiary/aromatic N) is 2. The van der Waals surface area contributed by atoms with E-state index in [1.807, 2.05) is 67.6 Å². The number of benzene rings is 7. The average Bonchev–Trinajstić information content (AvgIpc) is 3.95. The van der Waals surface area contributed by atoms with E-state index in [9.17, 15) is 5.11 Å². The van der Waals surface area contributed by atoms with Gasteiger partial charge in [0.15, 0.2) is 0 Å². The van der Waals surface area contributed by atoms with E-state index in [-0.39, 0.29) is 26.8 Å². The van der Waals surface area contributed by atoms with Gasteiger partial charge < -0.3 is 9.52 Å². The molecule has 0 atom stereocenters. The molecule has 0 spiro atoms. The molecule has 5 heteroatoms. The van der Waals surface area contributed by atoms with Crippen LogP contribution in [0.1, 0.15) is 27.9 Å². The summed E-state index contributed by atoms with van der Waals surface area (Å²) in [5, 5.41) is 10.8. The van der Waals surface area contributed by atoms with Crippen LogP contribution in [0.2, 0.25) is 0 Å². The molecule has 0 bridgehead atoms. The Morgan fingerprint density at radius 2 is 0.984 bits per heavy atom. The maximum atomic E-state index is 10.8. The third-order valence-electron chi connectivity index (χ3n) is 12.0. The van der Waals surface area contributed by atoms with Crippen LogP contribution in [0.25, 0.3) is 78.7 Å². The molecule has 0 radical (unpaired) electrons. The molecule has 3 aromatic heterocycles. The Morgan fingerprint density at radius 1 is 0.429 bits per heavy atom. The topological polar surface area (TPSA) is 59.2 Å². The normalized spacial score (nSPS) is 12.3. The SMILES string of the molecule is Cc1cc(-c2ccc(-c3ccc4c(c3)C(c3ccccc3)(c3ccccc3)c3ccccc3-4)o2)cc(-c2[c-]c(-c3cc(-c4ccccc4)cc(-c4ccccc4O)n3)ccc2)n1.[Pt]. The van der Waals surface area contributed by atoms with Crippen LogP contribution >= 0.6 is 0 Å². The zero-order chi connectivity index (χ0) is 41.6. The first kappa shape index (κ1) is 39.7. The van der Waals surface area contributed by atoms with Crippen LogP contribution in [-0.4, -0.2) is 15.1 Å². The zero-order valence-electron chi connectivity index (χ0n) is 34.3. The molecule has 4 nitrogen and oxygen atoms in total. The van der Waals surface area contributed by atoms with Gasteiger partial charge in [0.1, 0.15) is 17.3 Å². The summed E-state index contributed by atoms with van der Waals surface area (Å²) in [5.74, 6) is 1.73. The van der Waals surface area contributed by atoms with Crippen LogP contribution in [-0.2, 0) is 26.5 Å². The number of para-hydroxylation sites is 1. The van der Waals surface area contributed by atoms with Crippen molar-refractivity contribution in [1.29, 1.82) is 0 Å². The van der Waals surface area contributed by atoms with Crippen LogP contribution in [0.3, 0.4) is 0 Å². The first-order valence-electron chi connectivity index (χ1n) is 20.9. The van der Waals surface area contributed by atoms with Crippen LogP contribution in [0.15, 0.2) is 217 Å². The van der Waals surface area contributed by atoms with Gasteiger partial charge in [-0.2, -0.15) is 0 Å². The van der Waals surface area contributed by atoms with Crippen LogP contribution in [0.4, 0.5) is 0 Å². The summed E-state index contributed by atoms with van der Waals surface area (Å²) in [6, 6.07) is 76.9. The van der Waals surface area contributed by atoms with E-state index in [0.717, 1.165) is 62.0 Å². The largest absolute Gasteiger partial charge is 0.507 e. The molecule has 1 N–H and O–H groups in total. The average molecular weight is 991 g/mol. The van der Waals surface area contributed by atoms with Crippen molar-refractivity contribution in [3.8, 4) is 84.4 Å². The standard InChI is InChI=1S/C58H39N2O2.Pt/c1-38-32-44(37-52(59-38)40-18-15-19-41(33-40)53-35-43(39-16-5-2-6-17-39)36-54(60-53)49-25-12-14-27-55(49)61)57-31-30-56(62-57)42-28-29-48-47-24-11-13-26-50(47)58(51(48)34-42,45-20-7-3-8-21-45)46-22-9-4-10-23-46;/h2-32,34-37,61H,1H3;/q-1;. The number of aromatic hydroxyl groups is 1. The number of hydrogen-bond donors (Lipinski definition) is 1. The van der Waals surface area contributed by atoms with E-state index in [1.54, 1.807) is 6.07 Å². The summed E-state index contributed by atoms with van der Waals surface area (Å²) in [5.41, 5.74) is 16.4. The number of furan rings is 1. The Bertz CT molecular complexity index is 3230.